The molecule has 0 radical (unpaired) electrons. The van der Waals surface area contributed by atoms with Crippen LogP contribution in [-0.2, 0) is 14.3 Å². The predicted octanol–water partition coefficient (Wildman–Crippen LogP) is 0.324. The number of hydrogen-bond acceptors (Lipinski definition) is 4. The van der Waals surface area contributed by atoms with Crippen molar-refractivity contribution in [3.05, 3.63) is 0 Å². The molecule has 1 amide bonds. The van der Waals surface area contributed by atoms with Crippen molar-refractivity contribution in [2.24, 2.45) is 11.8 Å². The van der Waals surface area contributed by atoms with Crippen LogP contribution in [0.25, 0.3) is 0 Å². The lowest BCUT2D eigenvalue weighted by atomic mass is 9.95. The van der Waals surface area contributed by atoms with Gasteiger partial charge >= 0.3 is 5.97 Å². The standard InChI is InChI=1S/C14H24N2O4/c1-10-8-15-9-12(10)14(19)16-5-2-11(3-6-16)20-7-4-13(17)18/h10-12,15H,2-9H2,1H3,(H,17,18)/t10-,12-/m1/s1. The maximum Gasteiger partial charge on any atom is 0.305 e. The van der Waals surface area contributed by atoms with Gasteiger partial charge in [0.2, 0.25) is 5.91 Å². The molecule has 2 fully saturated rings. The van der Waals surface area contributed by atoms with Crippen molar-refractivity contribution in [1.29, 1.82) is 0 Å². The van der Waals surface area contributed by atoms with Gasteiger partial charge in [0, 0.05) is 19.6 Å². The highest BCUT2D eigenvalue weighted by molar-refractivity contribution is 5.79. The number of carbonyl (C=O) groups excluding carboxylic acids is 1. The zero-order valence-corrected chi connectivity index (χ0v) is 12.0. The molecule has 0 saturated carbocycles. The largest absolute Gasteiger partial charge is 0.481 e. The summed E-state index contributed by atoms with van der Waals surface area (Å²) < 4.78 is 5.54. The van der Waals surface area contributed by atoms with Gasteiger partial charge < -0.3 is 20.1 Å². The van der Waals surface area contributed by atoms with Crippen molar-refractivity contribution in [2.75, 3.05) is 32.8 Å². The van der Waals surface area contributed by atoms with Gasteiger partial charge in [0.1, 0.15) is 0 Å². The van der Waals surface area contributed by atoms with Gasteiger partial charge in [-0.25, -0.2) is 0 Å². The van der Waals surface area contributed by atoms with Crippen LogP contribution in [0.4, 0.5) is 0 Å². The SMILES string of the molecule is C[C@@H]1CNC[C@H]1C(=O)N1CCC(OCCC(=O)O)CC1. The van der Waals surface area contributed by atoms with Crippen LogP contribution in [0.1, 0.15) is 26.2 Å². The molecule has 0 bridgehead atoms. The van der Waals surface area contributed by atoms with Gasteiger partial charge in [0.25, 0.3) is 0 Å². The molecule has 2 saturated heterocycles. The number of hydrogen-bond donors (Lipinski definition) is 2. The van der Waals surface area contributed by atoms with Crippen LogP contribution < -0.4 is 5.32 Å². The third kappa shape index (κ3) is 3.93. The number of nitrogens with zero attached hydrogens (tertiary/aromatic N) is 1. The summed E-state index contributed by atoms with van der Waals surface area (Å²) in [6.07, 6.45) is 1.75. The number of likely N-dealkylation sites (tertiary alicyclic amines) is 1. The molecule has 0 aliphatic carbocycles. The van der Waals surface area contributed by atoms with E-state index in [-0.39, 0.29) is 31.0 Å². The monoisotopic (exact) mass is 284 g/mol. The Hall–Kier alpha value is -1.14. The number of aliphatic carboxylic acids is 1. The molecular weight excluding hydrogens is 260 g/mol. The second-order valence-corrected chi connectivity index (χ2v) is 5.78. The van der Waals surface area contributed by atoms with Crippen molar-refractivity contribution < 1.29 is 19.4 Å². The maximum atomic E-state index is 12.4. The van der Waals surface area contributed by atoms with Crippen LogP contribution in [0.3, 0.4) is 0 Å². The quantitative estimate of drug-likeness (QED) is 0.760. The Morgan fingerprint density at radius 3 is 2.55 bits per heavy atom. The third-order valence-corrected chi connectivity index (χ3v) is 4.26. The van der Waals surface area contributed by atoms with Crippen LogP contribution in [0.2, 0.25) is 0 Å². The zero-order chi connectivity index (χ0) is 14.5. The van der Waals surface area contributed by atoms with E-state index >= 15 is 0 Å². The summed E-state index contributed by atoms with van der Waals surface area (Å²) in [7, 11) is 0. The van der Waals surface area contributed by atoms with Crippen molar-refractivity contribution in [2.45, 2.75) is 32.3 Å². The number of carboxylic acid groups (broad SMARTS) is 1. The molecule has 2 heterocycles. The highest BCUT2D eigenvalue weighted by atomic mass is 16.5. The van der Waals surface area contributed by atoms with Crippen molar-refractivity contribution >= 4 is 11.9 Å². The molecule has 2 aliphatic heterocycles. The van der Waals surface area contributed by atoms with E-state index < -0.39 is 5.97 Å². The molecule has 6 nitrogen and oxygen atoms in total. The molecule has 0 spiro atoms. The Morgan fingerprint density at radius 1 is 1.30 bits per heavy atom. The van der Waals surface area contributed by atoms with Gasteiger partial charge in [-0.2, -0.15) is 0 Å². The van der Waals surface area contributed by atoms with Crippen molar-refractivity contribution in [3.63, 3.8) is 0 Å². The second-order valence-electron chi connectivity index (χ2n) is 5.78. The van der Waals surface area contributed by atoms with E-state index in [2.05, 4.69) is 12.2 Å². The molecule has 0 aromatic heterocycles. The Bertz CT molecular complexity index is 353. The van der Waals surface area contributed by atoms with Crippen LogP contribution in [-0.4, -0.2) is 60.8 Å². The Balaban J connectivity index is 1.71. The van der Waals surface area contributed by atoms with Gasteiger partial charge in [0.15, 0.2) is 0 Å². The van der Waals surface area contributed by atoms with Gasteiger partial charge in [-0.15, -0.1) is 0 Å². The highest BCUT2D eigenvalue weighted by Crippen LogP contribution is 2.22. The molecule has 114 valence electrons. The van der Waals surface area contributed by atoms with Gasteiger partial charge in [-0.3, -0.25) is 9.59 Å². The lowest BCUT2D eigenvalue weighted by Crippen LogP contribution is -2.45. The molecule has 2 rings (SSSR count). The smallest absolute Gasteiger partial charge is 0.305 e. The number of rotatable bonds is 5. The number of carboxylic acids is 1. The molecule has 0 unspecified atom stereocenters. The minimum atomic E-state index is -0.833. The minimum absolute atomic E-state index is 0.0460. The van der Waals surface area contributed by atoms with E-state index in [0.717, 1.165) is 39.0 Å². The average Bonchev–Trinajstić information content (AvgIpc) is 2.84. The summed E-state index contributed by atoms with van der Waals surface area (Å²) in [4.78, 5) is 24.7. The summed E-state index contributed by atoms with van der Waals surface area (Å²) in [5, 5.41) is 11.8. The lowest BCUT2D eigenvalue weighted by Gasteiger charge is -2.34. The van der Waals surface area contributed by atoms with Gasteiger partial charge in [-0.05, 0) is 25.3 Å². The van der Waals surface area contributed by atoms with Crippen molar-refractivity contribution in [3.8, 4) is 0 Å². The number of ether oxygens (including phenoxy) is 1. The summed E-state index contributed by atoms with van der Waals surface area (Å²) in [6, 6.07) is 0. The fourth-order valence-electron chi connectivity index (χ4n) is 2.93. The van der Waals surface area contributed by atoms with Crippen LogP contribution in [0, 0.1) is 11.8 Å². The van der Waals surface area contributed by atoms with E-state index in [1.807, 2.05) is 4.90 Å². The van der Waals surface area contributed by atoms with Gasteiger partial charge in [0.05, 0.1) is 25.0 Å². The first kappa shape index (κ1) is 15.3. The Morgan fingerprint density at radius 2 is 2.00 bits per heavy atom. The fraction of sp³-hybridized carbons (Fsp3) is 0.857. The minimum Gasteiger partial charge on any atom is -0.481 e. The second kappa shape index (κ2) is 7.04. The molecule has 0 aromatic rings. The first-order valence-corrected chi connectivity index (χ1v) is 7.41. The molecule has 2 atom stereocenters. The summed E-state index contributed by atoms with van der Waals surface area (Å²) in [5.41, 5.74) is 0. The summed E-state index contributed by atoms with van der Waals surface area (Å²) in [6.45, 7) is 5.53. The first-order valence-electron chi connectivity index (χ1n) is 7.41. The molecule has 20 heavy (non-hydrogen) atoms. The molecule has 0 aromatic carbocycles. The average molecular weight is 284 g/mol. The number of amides is 1. The zero-order valence-electron chi connectivity index (χ0n) is 12.0. The van der Waals surface area contributed by atoms with Crippen LogP contribution >= 0.6 is 0 Å². The topological polar surface area (TPSA) is 78.9 Å². The number of piperidine rings is 1. The first-order chi connectivity index (χ1) is 9.58. The number of nitrogens with one attached hydrogen (secondary N) is 1. The van der Waals surface area contributed by atoms with Crippen molar-refractivity contribution in [1.82, 2.24) is 10.2 Å². The van der Waals surface area contributed by atoms with Crippen LogP contribution in [0.15, 0.2) is 0 Å². The van der Waals surface area contributed by atoms with Gasteiger partial charge in [-0.1, -0.05) is 6.92 Å². The predicted molar refractivity (Wildman–Crippen MR) is 73.3 cm³/mol. The van der Waals surface area contributed by atoms with Crippen LogP contribution in [0.5, 0.6) is 0 Å². The molecule has 6 heteroatoms. The normalized spacial score (nSPS) is 27.8. The maximum absolute atomic E-state index is 12.4. The summed E-state index contributed by atoms with van der Waals surface area (Å²) in [5.74, 6) is -0.0571. The molecule has 2 aliphatic rings. The molecular formula is C14H24N2O4. The third-order valence-electron chi connectivity index (χ3n) is 4.26. The lowest BCUT2D eigenvalue weighted by molar-refractivity contribution is -0.139. The van der Waals surface area contributed by atoms with E-state index in [4.69, 9.17) is 9.84 Å². The Labute approximate surface area is 119 Å². The number of carbonyl (C=O) groups is 2. The van der Waals surface area contributed by atoms with E-state index in [9.17, 15) is 9.59 Å². The Kier molecular flexibility index (Phi) is 5.37. The fourth-order valence-corrected chi connectivity index (χ4v) is 2.93. The summed E-state index contributed by atoms with van der Waals surface area (Å²) >= 11 is 0. The highest BCUT2D eigenvalue weighted by Gasteiger charge is 2.34. The van der Waals surface area contributed by atoms with E-state index in [1.54, 1.807) is 0 Å². The molecule has 2 N–H and O–H groups in total. The van der Waals surface area contributed by atoms with E-state index in [0.29, 0.717) is 5.92 Å². The van der Waals surface area contributed by atoms with E-state index in [1.165, 1.54) is 0 Å².